The molecule has 1 heterocycles. The molecule has 34 heavy (non-hydrogen) atoms. The maximum Gasteiger partial charge on any atom is 0.258 e. The van der Waals surface area contributed by atoms with E-state index >= 15 is 0 Å². The lowest BCUT2D eigenvalue weighted by atomic mass is 10.2. The largest absolute Gasteiger partial charge is 0.481 e. The van der Waals surface area contributed by atoms with Crippen molar-refractivity contribution in [3.05, 3.63) is 48.3 Å². The van der Waals surface area contributed by atoms with Crippen molar-refractivity contribution >= 4 is 43.7 Å². The van der Waals surface area contributed by atoms with E-state index in [1.807, 2.05) is 0 Å². The van der Waals surface area contributed by atoms with E-state index in [2.05, 4.69) is 25.0 Å². The maximum absolute atomic E-state index is 14.9. The lowest BCUT2D eigenvalue weighted by molar-refractivity contribution is -0.124. The van der Waals surface area contributed by atoms with Crippen LogP contribution in [-0.2, 0) is 14.5 Å². The van der Waals surface area contributed by atoms with E-state index in [9.17, 15) is 26.6 Å². The number of ether oxygens (including phenoxy) is 1. The van der Waals surface area contributed by atoms with Crippen LogP contribution in [0.1, 0.15) is 6.92 Å². The zero-order chi connectivity index (χ0) is 25.0. The van der Waals surface area contributed by atoms with E-state index in [0.29, 0.717) is 0 Å². The predicted octanol–water partition coefficient (Wildman–Crippen LogP) is 4.16. The van der Waals surface area contributed by atoms with Crippen molar-refractivity contribution in [2.24, 2.45) is 4.36 Å². The topological polar surface area (TPSA) is 106 Å². The number of benzene rings is 2. The summed E-state index contributed by atoms with van der Waals surface area (Å²) in [6.07, 6.45) is 1.22. The second-order valence-corrected chi connectivity index (χ2v) is 10.1. The Kier molecular flexibility index (Phi) is 7.54. The number of rotatable bonds is 8. The number of halogens is 4. The Morgan fingerprint density at radius 1 is 1.18 bits per heavy atom. The Balaban J connectivity index is 1.90. The van der Waals surface area contributed by atoms with Gasteiger partial charge in [0.05, 0.1) is 28.3 Å². The van der Waals surface area contributed by atoms with Crippen molar-refractivity contribution in [1.82, 2.24) is 15.3 Å². The Bertz CT molecular complexity index is 1340. The lowest BCUT2D eigenvalue weighted by Crippen LogP contribution is -2.40. The fourth-order valence-electron chi connectivity index (χ4n) is 2.88. The van der Waals surface area contributed by atoms with Gasteiger partial charge in [-0.3, -0.25) is 4.79 Å². The Morgan fingerprint density at radius 3 is 2.59 bits per heavy atom. The van der Waals surface area contributed by atoms with Gasteiger partial charge < -0.3 is 15.4 Å². The Morgan fingerprint density at radius 2 is 1.91 bits per heavy atom. The number of fused-ring (bicyclic) bond motifs is 1. The monoisotopic (exact) mass is 499 g/mol. The molecule has 0 saturated carbocycles. The highest BCUT2D eigenvalue weighted by molar-refractivity contribution is 7.92. The Labute approximate surface area is 192 Å². The zero-order valence-electron chi connectivity index (χ0n) is 18.3. The molecule has 0 radical (unpaired) electrons. The highest BCUT2D eigenvalue weighted by atomic mass is 32.2. The van der Waals surface area contributed by atoms with Crippen molar-refractivity contribution in [2.45, 2.75) is 19.4 Å². The van der Waals surface area contributed by atoms with Gasteiger partial charge in [0.25, 0.3) is 12.3 Å². The van der Waals surface area contributed by atoms with Gasteiger partial charge in [-0.15, -0.1) is 0 Å². The molecule has 3 rings (SSSR count). The van der Waals surface area contributed by atoms with Crippen molar-refractivity contribution in [3.63, 3.8) is 0 Å². The first-order valence-electron chi connectivity index (χ1n) is 9.81. The van der Waals surface area contributed by atoms with Crippen LogP contribution < -0.4 is 15.4 Å². The molecule has 1 aromatic heterocycles. The first-order valence-corrected chi connectivity index (χ1v) is 12.1. The lowest BCUT2D eigenvalue weighted by Gasteiger charge is -2.16. The number of aromatic nitrogens is 2. The van der Waals surface area contributed by atoms with Gasteiger partial charge in [-0.25, -0.2) is 31.7 Å². The minimum Gasteiger partial charge on any atom is -0.481 e. The summed E-state index contributed by atoms with van der Waals surface area (Å²) in [6, 6.07) is 4.49. The molecule has 0 aliphatic heterocycles. The number of amides is 1. The van der Waals surface area contributed by atoms with Crippen LogP contribution >= 0.6 is 0 Å². The van der Waals surface area contributed by atoms with Crippen LogP contribution in [0.15, 0.2) is 41.0 Å². The number of carbonyl (C=O) groups is 1. The average Bonchev–Trinajstić information content (AvgIpc) is 2.72. The molecule has 0 aliphatic carbocycles. The summed E-state index contributed by atoms with van der Waals surface area (Å²) in [5.41, 5.74) is 0.443. The fraction of sp³-hybridized carbons (Fsp3) is 0.286. The molecular formula is C21H21F4N5O3S. The third-order valence-electron chi connectivity index (χ3n) is 4.32. The summed E-state index contributed by atoms with van der Waals surface area (Å²) in [4.78, 5) is 19.9. The average molecular weight is 499 g/mol. The minimum absolute atomic E-state index is 0.00927. The van der Waals surface area contributed by atoms with Gasteiger partial charge in [-0.05, 0) is 25.1 Å². The van der Waals surface area contributed by atoms with Crippen molar-refractivity contribution in [1.29, 1.82) is 0 Å². The molecule has 2 aromatic carbocycles. The quantitative estimate of drug-likeness (QED) is 0.451. The number of alkyl halides is 2. The summed E-state index contributed by atoms with van der Waals surface area (Å²) in [5, 5.41) is 4.86. The van der Waals surface area contributed by atoms with Crippen molar-refractivity contribution in [2.75, 3.05) is 24.4 Å². The first-order chi connectivity index (χ1) is 15.9. The molecule has 3 aromatic rings. The fourth-order valence-corrected chi connectivity index (χ4v) is 3.49. The van der Waals surface area contributed by atoms with E-state index in [1.165, 1.54) is 24.6 Å². The third-order valence-corrected chi connectivity index (χ3v) is 4.97. The number of nitrogens with zero attached hydrogens (tertiary/aromatic N) is 3. The summed E-state index contributed by atoms with van der Waals surface area (Å²) in [5.74, 6) is -2.38. The molecule has 0 bridgehead atoms. The number of hydrogen-bond donors (Lipinski definition) is 2. The second-order valence-electron chi connectivity index (χ2n) is 7.56. The van der Waals surface area contributed by atoms with Gasteiger partial charge in [-0.1, -0.05) is 0 Å². The Hall–Kier alpha value is -3.48. The SMILES string of the molecule is CC(NC(=O)COc1cc(F)ccc1Nc1ncnc2cc(N=S(C)(C)=O)cc(F)c12)C(F)F. The van der Waals surface area contributed by atoms with Gasteiger partial charge >= 0.3 is 0 Å². The number of anilines is 2. The van der Waals surface area contributed by atoms with E-state index in [0.717, 1.165) is 31.5 Å². The minimum atomic E-state index is -2.76. The van der Waals surface area contributed by atoms with E-state index in [4.69, 9.17) is 4.74 Å². The zero-order valence-corrected chi connectivity index (χ0v) is 19.1. The van der Waals surface area contributed by atoms with E-state index < -0.39 is 46.3 Å². The summed E-state index contributed by atoms with van der Waals surface area (Å²) < 4.78 is 75.1. The molecule has 13 heteroatoms. The summed E-state index contributed by atoms with van der Waals surface area (Å²) in [6.45, 7) is 0.469. The second kappa shape index (κ2) is 10.2. The highest BCUT2D eigenvalue weighted by Gasteiger charge is 2.18. The molecular weight excluding hydrogens is 478 g/mol. The van der Waals surface area contributed by atoms with Crippen LogP contribution in [0.4, 0.5) is 34.8 Å². The molecule has 0 fully saturated rings. The molecule has 0 saturated heterocycles. The molecule has 2 N–H and O–H groups in total. The molecule has 0 spiro atoms. The van der Waals surface area contributed by atoms with Gasteiger partial charge in [-0.2, -0.15) is 4.36 Å². The smallest absolute Gasteiger partial charge is 0.258 e. The van der Waals surface area contributed by atoms with Crippen LogP contribution in [-0.4, -0.2) is 51.7 Å². The van der Waals surface area contributed by atoms with Gasteiger partial charge in [0.2, 0.25) is 0 Å². The molecule has 0 aliphatic rings. The van der Waals surface area contributed by atoms with Crippen molar-refractivity contribution < 1.29 is 31.3 Å². The predicted molar refractivity (Wildman–Crippen MR) is 120 cm³/mol. The number of carbonyl (C=O) groups excluding carboxylic acids is 1. The molecule has 1 atom stereocenters. The highest BCUT2D eigenvalue weighted by Crippen LogP contribution is 2.33. The van der Waals surface area contributed by atoms with Crippen LogP contribution in [0, 0.1) is 11.6 Å². The third kappa shape index (κ3) is 6.53. The van der Waals surface area contributed by atoms with Crippen LogP contribution in [0.5, 0.6) is 5.75 Å². The van der Waals surface area contributed by atoms with Crippen LogP contribution in [0.25, 0.3) is 10.9 Å². The molecule has 8 nitrogen and oxygen atoms in total. The first kappa shape index (κ1) is 25.1. The van der Waals surface area contributed by atoms with E-state index in [1.54, 1.807) is 0 Å². The summed E-state index contributed by atoms with van der Waals surface area (Å²) in [7, 11) is -2.53. The van der Waals surface area contributed by atoms with Crippen LogP contribution in [0.2, 0.25) is 0 Å². The van der Waals surface area contributed by atoms with Gasteiger partial charge in [0, 0.05) is 34.4 Å². The maximum atomic E-state index is 14.9. The standard InChI is InChI=1S/C21H21F4N5O3S/c1-11(20(24)25)28-18(31)9-33-17-6-12(22)4-5-15(17)29-21-19-14(23)7-13(30-34(2,3)32)8-16(19)26-10-27-21/h4-8,10-11,20H,9H2,1-3H3,(H,28,31)(H,26,27,29). The molecule has 1 unspecified atom stereocenters. The van der Waals surface area contributed by atoms with Crippen molar-refractivity contribution in [3.8, 4) is 5.75 Å². The number of hydrogen-bond acceptors (Lipinski definition) is 7. The normalized spacial score (nSPS) is 12.5. The molecule has 1 amide bonds. The van der Waals surface area contributed by atoms with Crippen LogP contribution in [0.3, 0.4) is 0 Å². The summed E-state index contributed by atoms with van der Waals surface area (Å²) >= 11 is 0. The number of nitrogens with one attached hydrogen (secondary N) is 2. The van der Waals surface area contributed by atoms with E-state index in [-0.39, 0.29) is 33.8 Å². The van der Waals surface area contributed by atoms with Gasteiger partial charge in [0.15, 0.2) is 6.61 Å². The van der Waals surface area contributed by atoms with Gasteiger partial charge in [0.1, 0.15) is 29.5 Å². The molecule has 182 valence electrons.